The molecule has 0 aliphatic carbocycles. The fourth-order valence-electron chi connectivity index (χ4n) is 2.15. The summed E-state index contributed by atoms with van der Waals surface area (Å²) in [4.78, 5) is 4.52. The number of hydrogen-bond donors (Lipinski definition) is 1. The van der Waals surface area contributed by atoms with Crippen LogP contribution in [0.2, 0.25) is 0 Å². The van der Waals surface area contributed by atoms with Gasteiger partial charge >= 0.3 is 0 Å². The van der Waals surface area contributed by atoms with Crippen LogP contribution < -0.4 is 0 Å². The Balaban J connectivity index is 2.59. The van der Waals surface area contributed by atoms with Crippen LogP contribution in [0.3, 0.4) is 0 Å². The third kappa shape index (κ3) is 4.84. The summed E-state index contributed by atoms with van der Waals surface area (Å²) in [5.74, 6) is 2.15. The molecule has 0 amide bonds. The van der Waals surface area contributed by atoms with E-state index in [1.165, 1.54) is 30.0 Å². The molecule has 0 unspecified atom stereocenters. The van der Waals surface area contributed by atoms with Crippen LogP contribution >= 0.6 is 35.7 Å². The molecule has 4 heteroatoms. The van der Waals surface area contributed by atoms with Gasteiger partial charge in [0.1, 0.15) is 4.34 Å². The fourth-order valence-corrected chi connectivity index (χ4v) is 4.87. The molecular weight excluding hydrogens is 266 g/mol. The predicted octanol–water partition coefficient (Wildman–Crippen LogP) is 5.06. The summed E-state index contributed by atoms with van der Waals surface area (Å²) in [5.41, 5.74) is 1.54. The minimum absolute atomic E-state index is 0.400. The second kappa shape index (κ2) is 7.70. The van der Waals surface area contributed by atoms with Crippen molar-refractivity contribution in [1.82, 2.24) is 4.98 Å². The quantitative estimate of drug-likeness (QED) is 0.530. The van der Waals surface area contributed by atoms with Gasteiger partial charge in [-0.05, 0) is 30.9 Å². The van der Waals surface area contributed by atoms with Crippen molar-refractivity contribution in [3.63, 3.8) is 0 Å². The average Bonchev–Trinajstić information content (AvgIpc) is 2.73. The van der Waals surface area contributed by atoms with Gasteiger partial charge in [0, 0.05) is 16.8 Å². The third-order valence-corrected chi connectivity index (χ3v) is 6.16. The van der Waals surface area contributed by atoms with E-state index in [1.807, 2.05) is 11.8 Å². The first kappa shape index (κ1) is 15.4. The second-order valence-corrected chi connectivity index (χ2v) is 7.10. The number of thiol groups is 1. The summed E-state index contributed by atoms with van der Waals surface area (Å²) in [6, 6.07) is 0. The lowest BCUT2D eigenvalue weighted by Crippen LogP contribution is -2.25. The van der Waals surface area contributed by atoms with Gasteiger partial charge in [0.05, 0.1) is 0 Å². The van der Waals surface area contributed by atoms with E-state index < -0.39 is 0 Å². The zero-order chi connectivity index (χ0) is 12.7. The van der Waals surface area contributed by atoms with Crippen molar-refractivity contribution in [2.45, 2.75) is 50.8 Å². The Bertz CT molecular complexity index is 316. The summed E-state index contributed by atoms with van der Waals surface area (Å²) in [6.45, 7) is 6.60. The zero-order valence-electron chi connectivity index (χ0n) is 11.0. The Morgan fingerprint density at radius 1 is 1.35 bits per heavy atom. The Labute approximate surface area is 119 Å². The molecule has 0 radical (unpaired) electrons. The molecule has 0 fully saturated rings. The van der Waals surface area contributed by atoms with Crippen molar-refractivity contribution in [3.8, 4) is 0 Å². The van der Waals surface area contributed by atoms with Crippen LogP contribution in [0.25, 0.3) is 0 Å². The maximum absolute atomic E-state index is 4.59. The van der Waals surface area contributed by atoms with Crippen LogP contribution in [0.15, 0.2) is 9.72 Å². The molecule has 1 aromatic heterocycles. The second-order valence-electron chi connectivity index (χ2n) is 4.70. The molecule has 98 valence electrons. The van der Waals surface area contributed by atoms with Gasteiger partial charge in [-0.15, -0.1) is 11.3 Å². The van der Waals surface area contributed by atoms with Crippen molar-refractivity contribution in [1.29, 1.82) is 0 Å². The summed E-state index contributed by atoms with van der Waals surface area (Å²) in [6.07, 6.45) is 5.05. The van der Waals surface area contributed by atoms with Crippen LogP contribution in [-0.4, -0.2) is 16.5 Å². The zero-order valence-corrected chi connectivity index (χ0v) is 13.6. The van der Waals surface area contributed by atoms with Crippen molar-refractivity contribution in [2.24, 2.45) is 5.41 Å². The predicted molar refractivity (Wildman–Crippen MR) is 83.7 cm³/mol. The lowest BCUT2D eigenvalue weighted by atomic mass is 9.83. The highest BCUT2D eigenvalue weighted by Crippen LogP contribution is 2.38. The molecule has 1 aromatic rings. The third-order valence-electron chi connectivity index (χ3n) is 3.00. The van der Waals surface area contributed by atoms with Crippen molar-refractivity contribution in [3.05, 3.63) is 11.1 Å². The fraction of sp³-hybridized carbons (Fsp3) is 0.769. The Kier molecular flexibility index (Phi) is 6.97. The number of nitrogens with zero attached hydrogens (tertiary/aromatic N) is 1. The number of thioether (sulfide) groups is 1. The molecule has 1 heterocycles. The Morgan fingerprint density at radius 2 is 2.00 bits per heavy atom. The summed E-state index contributed by atoms with van der Waals surface area (Å²) >= 11 is 8.27. The van der Waals surface area contributed by atoms with Crippen LogP contribution in [0, 0.1) is 12.3 Å². The monoisotopic (exact) mass is 289 g/mol. The number of aromatic nitrogens is 1. The van der Waals surface area contributed by atoms with Crippen molar-refractivity contribution < 1.29 is 0 Å². The maximum atomic E-state index is 4.59. The van der Waals surface area contributed by atoms with E-state index in [0.29, 0.717) is 5.41 Å². The van der Waals surface area contributed by atoms with Gasteiger partial charge < -0.3 is 0 Å². The summed E-state index contributed by atoms with van der Waals surface area (Å²) < 4.78 is 1.21. The number of aryl methyl sites for hydroxylation is 1. The van der Waals surface area contributed by atoms with Crippen molar-refractivity contribution >= 4 is 35.7 Å². The first-order chi connectivity index (χ1) is 8.15. The highest BCUT2D eigenvalue weighted by molar-refractivity contribution is 8.01. The topological polar surface area (TPSA) is 12.9 Å². The molecule has 0 bridgehead atoms. The van der Waals surface area contributed by atoms with Crippen LogP contribution in [0.5, 0.6) is 0 Å². The smallest absolute Gasteiger partial charge is 0.150 e. The highest BCUT2D eigenvalue weighted by Gasteiger charge is 2.27. The van der Waals surface area contributed by atoms with Gasteiger partial charge in [0.25, 0.3) is 0 Å². The summed E-state index contributed by atoms with van der Waals surface area (Å²) in [7, 11) is 0. The SMILES string of the molecule is CCCC(CS)(CCC)CSc1nc(C)cs1. The maximum Gasteiger partial charge on any atom is 0.150 e. The molecule has 0 aromatic carbocycles. The highest BCUT2D eigenvalue weighted by atomic mass is 32.2. The van der Waals surface area contributed by atoms with Gasteiger partial charge in [0.15, 0.2) is 0 Å². The molecule has 0 saturated heterocycles. The first-order valence-electron chi connectivity index (χ1n) is 6.31. The normalized spacial score (nSPS) is 12.0. The van der Waals surface area contributed by atoms with E-state index in [4.69, 9.17) is 0 Å². The van der Waals surface area contributed by atoms with E-state index in [1.54, 1.807) is 11.3 Å². The number of hydrogen-bond acceptors (Lipinski definition) is 4. The number of rotatable bonds is 8. The Morgan fingerprint density at radius 3 is 2.41 bits per heavy atom. The van der Waals surface area contributed by atoms with E-state index in [9.17, 15) is 0 Å². The van der Waals surface area contributed by atoms with Gasteiger partial charge in [0.2, 0.25) is 0 Å². The van der Waals surface area contributed by atoms with Crippen molar-refractivity contribution in [2.75, 3.05) is 11.5 Å². The molecule has 0 saturated carbocycles. The molecule has 17 heavy (non-hydrogen) atoms. The molecule has 0 N–H and O–H groups in total. The van der Waals surface area contributed by atoms with E-state index in [2.05, 4.69) is 43.8 Å². The lowest BCUT2D eigenvalue weighted by molar-refractivity contribution is 0.318. The van der Waals surface area contributed by atoms with Gasteiger partial charge in [-0.3, -0.25) is 0 Å². The average molecular weight is 290 g/mol. The molecule has 0 spiro atoms. The van der Waals surface area contributed by atoms with Crippen LogP contribution in [0.1, 0.15) is 45.2 Å². The molecule has 1 rings (SSSR count). The largest absolute Gasteiger partial charge is 0.235 e. The first-order valence-corrected chi connectivity index (χ1v) is 8.81. The molecular formula is C13H23NS3. The van der Waals surface area contributed by atoms with E-state index >= 15 is 0 Å². The Hall–Kier alpha value is 0.330. The standard InChI is InChI=1S/C13H23NS3/c1-4-6-13(9-15,7-5-2)10-17-12-14-11(3)8-16-12/h8,15H,4-7,9-10H2,1-3H3. The van der Waals surface area contributed by atoms with Gasteiger partial charge in [-0.2, -0.15) is 12.6 Å². The van der Waals surface area contributed by atoms with E-state index in [0.717, 1.165) is 17.2 Å². The molecule has 0 atom stereocenters. The van der Waals surface area contributed by atoms with Crippen LogP contribution in [0.4, 0.5) is 0 Å². The molecule has 0 aliphatic heterocycles. The molecule has 0 aliphatic rings. The van der Waals surface area contributed by atoms with Crippen LogP contribution in [-0.2, 0) is 0 Å². The summed E-state index contributed by atoms with van der Waals surface area (Å²) in [5, 5.41) is 2.13. The lowest BCUT2D eigenvalue weighted by Gasteiger charge is -2.31. The number of thiazole rings is 1. The minimum atomic E-state index is 0.400. The minimum Gasteiger partial charge on any atom is -0.235 e. The van der Waals surface area contributed by atoms with E-state index in [-0.39, 0.29) is 0 Å². The van der Waals surface area contributed by atoms with Gasteiger partial charge in [-0.1, -0.05) is 38.5 Å². The molecule has 1 nitrogen and oxygen atoms in total. The van der Waals surface area contributed by atoms with Gasteiger partial charge in [-0.25, -0.2) is 4.98 Å².